The largest absolute Gasteiger partial charge is 0.399 e. The molecule has 20 heavy (non-hydrogen) atoms. The Morgan fingerprint density at radius 3 is 2.60 bits per heavy atom. The molecule has 0 unspecified atom stereocenters. The number of carbonyl (C=O) groups is 2. The molecule has 1 saturated heterocycles. The van der Waals surface area contributed by atoms with Gasteiger partial charge < -0.3 is 15.5 Å². The van der Waals surface area contributed by atoms with Gasteiger partial charge in [-0.25, -0.2) is 0 Å². The minimum absolute atomic E-state index is 0.0232. The van der Waals surface area contributed by atoms with Crippen LogP contribution < -0.4 is 5.73 Å². The third-order valence-corrected chi connectivity index (χ3v) is 3.71. The van der Waals surface area contributed by atoms with E-state index in [0.717, 1.165) is 25.9 Å². The molecule has 5 nitrogen and oxygen atoms in total. The number of benzene rings is 1. The molecule has 1 aromatic rings. The normalized spacial score (nSPS) is 14.4. The summed E-state index contributed by atoms with van der Waals surface area (Å²) in [5.41, 5.74) is 6.46. The molecule has 0 spiro atoms. The van der Waals surface area contributed by atoms with Gasteiger partial charge in [0.25, 0.3) is 5.91 Å². The monoisotopic (exact) mass is 295 g/mol. The van der Waals surface area contributed by atoms with Gasteiger partial charge in [-0.2, -0.15) is 0 Å². The number of hydrogen-bond donors (Lipinski definition) is 1. The summed E-state index contributed by atoms with van der Waals surface area (Å²) in [7, 11) is 1.60. The highest BCUT2D eigenvalue weighted by Gasteiger charge is 2.22. The molecule has 6 heteroatoms. The van der Waals surface area contributed by atoms with Crippen molar-refractivity contribution in [3.63, 3.8) is 0 Å². The van der Waals surface area contributed by atoms with Gasteiger partial charge in [0.1, 0.15) is 0 Å². The van der Waals surface area contributed by atoms with E-state index in [4.69, 9.17) is 17.3 Å². The van der Waals surface area contributed by atoms with Crippen LogP contribution >= 0.6 is 11.6 Å². The summed E-state index contributed by atoms with van der Waals surface area (Å²) in [6.07, 6.45) is 2.07. The van der Waals surface area contributed by atoms with Crippen LogP contribution in [-0.2, 0) is 4.79 Å². The van der Waals surface area contributed by atoms with Crippen LogP contribution in [0.5, 0.6) is 0 Å². The van der Waals surface area contributed by atoms with Crippen molar-refractivity contribution in [3.8, 4) is 0 Å². The third kappa shape index (κ3) is 3.22. The minimum atomic E-state index is -0.275. The smallest absolute Gasteiger partial charge is 0.255 e. The van der Waals surface area contributed by atoms with Crippen LogP contribution in [0, 0.1) is 0 Å². The number of nitrogens with zero attached hydrogens (tertiary/aromatic N) is 2. The number of nitrogen functional groups attached to an aromatic ring is 1. The average molecular weight is 296 g/mol. The molecule has 1 aromatic carbocycles. The molecule has 0 radical (unpaired) electrons. The first kappa shape index (κ1) is 14.7. The van der Waals surface area contributed by atoms with Crippen molar-refractivity contribution < 1.29 is 9.59 Å². The molecule has 1 aliphatic heterocycles. The molecule has 0 atom stereocenters. The van der Waals surface area contributed by atoms with Gasteiger partial charge >= 0.3 is 0 Å². The number of anilines is 1. The van der Waals surface area contributed by atoms with Gasteiger partial charge in [0.15, 0.2) is 0 Å². The van der Waals surface area contributed by atoms with Crippen molar-refractivity contribution in [1.82, 2.24) is 9.80 Å². The van der Waals surface area contributed by atoms with Crippen LogP contribution in [0.25, 0.3) is 0 Å². The molecule has 0 bridgehead atoms. The molecule has 0 aliphatic carbocycles. The van der Waals surface area contributed by atoms with Crippen molar-refractivity contribution in [1.29, 1.82) is 0 Å². The number of halogens is 1. The predicted molar refractivity (Wildman–Crippen MR) is 78.6 cm³/mol. The van der Waals surface area contributed by atoms with Crippen molar-refractivity contribution in [3.05, 3.63) is 28.8 Å². The summed E-state index contributed by atoms with van der Waals surface area (Å²) >= 11 is 6.01. The van der Waals surface area contributed by atoms with Gasteiger partial charge in [-0.15, -0.1) is 0 Å². The van der Waals surface area contributed by atoms with Gasteiger partial charge in [0.2, 0.25) is 5.91 Å². The van der Waals surface area contributed by atoms with Crippen LogP contribution in [0.3, 0.4) is 0 Å². The maximum absolute atomic E-state index is 12.3. The Morgan fingerprint density at radius 2 is 2.00 bits per heavy atom. The van der Waals surface area contributed by atoms with E-state index in [2.05, 4.69) is 0 Å². The fraction of sp³-hybridized carbons (Fsp3) is 0.429. The Labute approximate surface area is 123 Å². The number of carbonyl (C=O) groups excluding carboxylic acids is 2. The molecule has 2 rings (SSSR count). The van der Waals surface area contributed by atoms with Gasteiger partial charge in [0, 0.05) is 25.8 Å². The topological polar surface area (TPSA) is 66.6 Å². The second-order valence-corrected chi connectivity index (χ2v) is 5.40. The highest BCUT2D eigenvalue weighted by atomic mass is 35.5. The Balaban J connectivity index is 2.02. The second-order valence-electron chi connectivity index (χ2n) is 4.99. The first-order chi connectivity index (χ1) is 9.49. The van der Waals surface area contributed by atoms with E-state index in [1.807, 2.05) is 0 Å². The summed E-state index contributed by atoms with van der Waals surface area (Å²) in [5.74, 6) is -0.299. The van der Waals surface area contributed by atoms with E-state index >= 15 is 0 Å². The number of nitrogens with two attached hydrogens (primary N) is 1. The van der Waals surface area contributed by atoms with E-state index in [-0.39, 0.29) is 18.4 Å². The van der Waals surface area contributed by atoms with Crippen molar-refractivity contribution in [2.24, 2.45) is 0 Å². The lowest BCUT2D eigenvalue weighted by molar-refractivity contribution is -0.130. The number of likely N-dealkylation sites (tertiary alicyclic amines) is 1. The molecule has 2 N–H and O–H groups in total. The highest BCUT2D eigenvalue weighted by molar-refractivity contribution is 6.34. The zero-order valence-corrected chi connectivity index (χ0v) is 12.2. The van der Waals surface area contributed by atoms with Crippen LogP contribution in [-0.4, -0.2) is 48.3 Å². The number of likely N-dealkylation sites (N-methyl/N-ethyl adjacent to an activating group) is 1. The highest BCUT2D eigenvalue weighted by Crippen LogP contribution is 2.20. The maximum Gasteiger partial charge on any atom is 0.255 e. The third-order valence-electron chi connectivity index (χ3n) is 3.40. The van der Waals surface area contributed by atoms with E-state index in [0.29, 0.717) is 16.3 Å². The summed E-state index contributed by atoms with van der Waals surface area (Å²) < 4.78 is 0. The van der Waals surface area contributed by atoms with E-state index in [1.165, 1.54) is 11.0 Å². The molecule has 0 aromatic heterocycles. The van der Waals surface area contributed by atoms with Gasteiger partial charge in [-0.05, 0) is 31.0 Å². The van der Waals surface area contributed by atoms with Crippen molar-refractivity contribution >= 4 is 29.1 Å². The zero-order chi connectivity index (χ0) is 14.7. The minimum Gasteiger partial charge on any atom is -0.399 e. The summed E-state index contributed by atoms with van der Waals surface area (Å²) in [5, 5.41) is 0.301. The molecule has 1 fully saturated rings. The summed E-state index contributed by atoms with van der Waals surface area (Å²) in [6, 6.07) is 4.73. The average Bonchev–Trinajstić information content (AvgIpc) is 2.91. The SMILES string of the molecule is CN(CC(=O)N1CCCC1)C(=O)c1ccc(N)cc1Cl. The fourth-order valence-electron chi connectivity index (χ4n) is 2.25. The zero-order valence-electron chi connectivity index (χ0n) is 11.4. The van der Waals surface area contributed by atoms with Gasteiger partial charge in [0.05, 0.1) is 17.1 Å². The van der Waals surface area contributed by atoms with Gasteiger partial charge in [-0.3, -0.25) is 9.59 Å². The Bertz CT molecular complexity index is 527. The van der Waals surface area contributed by atoms with Gasteiger partial charge in [-0.1, -0.05) is 11.6 Å². The molecular formula is C14H18ClN3O2. The number of hydrogen-bond acceptors (Lipinski definition) is 3. The molecular weight excluding hydrogens is 278 g/mol. The predicted octanol–water partition coefficient (Wildman–Crippen LogP) is 1.62. The molecule has 108 valence electrons. The first-order valence-corrected chi connectivity index (χ1v) is 6.95. The van der Waals surface area contributed by atoms with Crippen molar-refractivity contribution in [2.75, 3.05) is 32.4 Å². The van der Waals surface area contributed by atoms with Crippen LogP contribution in [0.4, 0.5) is 5.69 Å². The lowest BCUT2D eigenvalue weighted by Gasteiger charge is -2.21. The lowest BCUT2D eigenvalue weighted by Crippen LogP contribution is -2.39. The van der Waals surface area contributed by atoms with Crippen LogP contribution in [0.2, 0.25) is 5.02 Å². The molecule has 2 amide bonds. The maximum atomic E-state index is 12.3. The number of rotatable bonds is 3. The molecule has 1 aliphatic rings. The first-order valence-electron chi connectivity index (χ1n) is 6.57. The Hall–Kier alpha value is -1.75. The lowest BCUT2D eigenvalue weighted by atomic mass is 10.2. The Morgan fingerprint density at radius 1 is 1.35 bits per heavy atom. The van der Waals surface area contributed by atoms with Crippen molar-refractivity contribution in [2.45, 2.75) is 12.8 Å². The van der Waals surface area contributed by atoms with E-state index < -0.39 is 0 Å². The number of amides is 2. The Kier molecular flexibility index (Phi) is 4.49. The fourth-order valence-corrected chi connectivity index (χ4v) is 2.52. The summed E-state index contributed by atoms with van der Waals surface area (Å²) in [6.45, 7) is 1.63. The summed E-state index contributed by atoms with van der Waals surface area (Å²) in [4.78, 5) is 27.4. The van der Waals surface area contributed by atoms with Crippen LogP contribution in [0.1, 0.15) is 23.2 Å². The second kappa shape index (κ2) is 6.13. The standard InChI is InChI=1S/C14H18ClN3O2/c1-17(9-13(19)18-6-2-3-7-18)14(20)11-5-4-10(16)8-12(11)15/h4-5,8H,2-3,6-7,9,16H2,1H3. The van der Waals surface area contributed by atoms with Crippen LogP contribution in [0.15, 0.2) is 18.2 Å². The van der Waals surface area contributed by atoms with E-state index in [9.17, 15) is 9.59 Å². The molecule has 1 heterocycles. The quantitative estimate of drug-likeness (QED) is 0.862. The van der Waals surface area contributed by atoms with E-state index in [1.54, 1.807) is 24.1 Å². The molecule has 0 saturated carbocycles.